The number of amides is 1. The fourth-order valence-electron chi connectivity index (χ4n) is 1.12. The third-order valence-electron chi connectivity index (χ3n) is 2.31. The van der Waals surface area contributed by atoms with Crippen molar-refractivity contribution in [2.75, 3.05) is 5.43 Å². The van der Waals surface area contributed by atoms with Crippen LogP contribution in [0.3, 0.4) is 0 Å². The fraction of sp³-hybridized carbons (Fsp3) is 0.333. The van der Waals surface area contributed by atoms with E-state index in [1.807, 2.05) is 0 Å². The molecule has 20 heavy (non-hydrogen) atoms. The van der Waals surface area contributed by atoms with E-state index in [0.29, 0.717) is 5.69 Å². The predicted molar refractivity (Wildman–Crippen MR) is 80.1 cm³/mol. The van der Waals surface area contributed by atoms with Gasteiger partial charge in [0.1, 0.15) is 0 Å². The van der Waals surface area contributed by atoms with Crippen molar-refractivity contribution in [1.29, 1.82) is 0 Å². The Labute approximate surface area is 121 Å². The number of nitrogens with one attached hydrogen (secondary N) is 3. The molecule has 8 heteroatoms. The Morgan fingerprint density at radius 2 is 1.80 bits per heavy atom. The van der Waals surface area contributed by atoms with Gasteiger partial charge in [-0.15, -0.1) is 0 Å². The number of nitro groups is 1. The number of nitro benzene ring substituents is 1. The number of hydrogen-bond acceptors (Lipinski definition) is 5. The number of non-ortho nitro benzene ring substituents is 1. The van der Waals surface area contributed by atoms with Gasteiger partial charge < -0.3 is 5.32 Å². The second-order valence-electron chi connectivity index (χ2n) is 5.09. The van der Waals surface area contributed by atoms with Gasteiger partial charge in [-0.3, -0.25) is 25.8 Å². The number of carbonyl (C=O) groups excluding carboxylic acids is 1. The largest absolute Gasteiger partial charge is 0.301 e. The number of anilines is 1. The van der Waals surface area contributed by atoms with Gasteiger partial charge in [-0.1, -0.05) is 20.8 Å². The molecule has 0 bridgehead atoms. The molecule has 108 valence electrons. The third kappa shape index (κ3) is 4.81. The van der Waals surface area contributed by atoms with Crippen molar-refractivity contribution in [3.8, 4) is 0 Å². The number of nitrogens with zero attached hydrogens (tertiary/aromatic N) is 1. The van der Waals surface area contributed by atoms with E-state index in [4.69, 9.17) is 12.2 Å². The van der Waals surface area contributed by atoms with Crippen molar-refractivity contribution >= 4 is 34.6 Å². The zero-order valence-electron chi connectivity index (χ0n) is 11.4. The maximum Gasteiger partial charge on any atom is 0.269 e. The molecule has 0 radical (unpaired) electrons. The minimum Gasteiger partial charge on any atom is -0.301 e. The van der Waals surface area contributed by atoms with Gasteiger partial charge in [-0.25, -0.2) is 0 Å². The molecule has 0 fully saturated rings. The van der Waals surface area contributed by atoms with E-state index in [2.05, 4.69) is 16.2 Å². The van der Waals surface area contributed by atoms with Gasteiger partial charge in [-0.2, -0.15) is 0 Å². The minimum absolute atomic E-state index is 0.000776. The smallest absolute Gasteiger partial charge is 0.269 e. The Morgan fingerprint density at radius 3 is 2.25 bits per heavy atom. The molecule has 0 aromatic heterocycles. The SMILES string of the molecule is CC(C)(C)C(=O)NC(=S)NNc1ccc([N+](=O)[O-])cc1. The van der Waals surface area contributed by atoms with Crippen LogP contribution in [0.15, 0.2) is 24.3 Å². The van der Waals surface area contributed by atoms with Crippen LogP contribution in [0, 0.1) is 15.5 Å². The molecule has 0 aliphatic heterocycles. The molecule has 0 saturated heterocycles. The summed E-state index contributed by atoms with van der Waals surface area (Å²) in [7, 11) is 0. The van der Waals surface area contributed by atoms with E-state index >= 15 is 0 Å². The van der Waals surface area contributed by atoms with Crippen molar-refractivity contribution in [1.82, 2.24) is 10.7 Å². The summed E-state index contributed by atoms with van der Waals surface area (Å²) in [5.41, 5.74) is 5.41. The Kier molecular flexibility index (Phi) is 4.98. The Balaban J connectivity index is 2.49. The molecule has 0 saturated carbocycles. The van der Waals surface area contributed by atoms with Crippen LogP contribution in [0.25, 0.3) is 0 Å². The normalized spacial score (nSPS) is 10.6. The summed E-state index contributed by atoms with van der Waals surface area (Å²) in [6, 6.07) is 5.78. The van der Waals surface area contributed by atoms with Crippen LogP contribution in [-0.4, -0.2) is 15.9 Å². The molecule has 1 aromatic rings. The highest BCUT2D eigenvalue weighted by Gasteiger charge is 2.21. The predicted octanol–water partition coefficient (Wildman–Crippen LogP) is 1.96. The quantitative estimate of drug-likeness (QED) is 0.448. The molecule has 0 aliphatic rings. The van der Waals surface area contributed by atoms with Gasteiger partial charge in [0.25, 0.3) is 5.69 Å². The van der Waals surface area contributed by atoms with Crippen LogP contribution in [0.1, 0.15) is 20.8 Å². The first-order chi connectivity index (χ1) is 9.20. The van der Waals surface area contributed by atoms with Gasteiger partial charge in [0.2, 0.25) is 5.91 Å². The maximum atomic E-state index is 11.7. The van der Waals surface area contributed by atoms with E-state index in [0.717, 1.165) is 0 Å². The Morgan fingerprint density at radius 1 is 1.25 bits per heavy atom. The summed E-state index contributed by atoms with van der Waals surface area (Å²) in [6.07, 6.45) is 0. The molecule has 0 heterocycles. The van der Waals surface area contributed by atoms with E-state index < -0.39 is 10.3 Å². The number of thiocarbonyl (C=S) groups is 1. The van der Waals surface area contributed by atoms with Crippen molar-refractivity contribution in [3.05, 3.63) is 34.4 Å². The summed E-state index contributed by atoms with van der Waals surface area (Å²) in [5, 5.41) is 13.2. The lowest BCUT2D eigenvalue weighted by molar-refractivity contribution is -0.384. The first kappa shape index (κ1) is 15.8. The summed E-state index contributed by atoms with van der Waals surface area (Å²) >= 11 is 4.95. The number of benzene rings is 1. The summed E-state index contributed by atoms with van der Waals surface area (Å²) in [4.78, 5) is 21.7. The van der Waals surface area contributed by atoms with E-state index in [-0.39, 0.29) is 16.7 Å². The highest BCUT2D eigenvalue weighted by atomic mass is 32.1. The molecule has 0 aliphatic carbocycles. The molecule has 1 amide bonds. The highest BCUT2D eigenvalue weighted by molar-refractivity contribution is 7.80. The Hall–Kier alpha value is -2.22. The average Bonchev–Trinajstić information content (AvgIpc) is 2.35. The zero-order chi connectivity index (χ0) is 15.3. The van der Waals surface area contributed by atoms with Crippen LogP contribution in [0.2, 0.25) is 0 Å². The lowest BCUT2D eigenvalue weighted by atomic mass is 9.96. The van der Waals surface area contributed by atoms with Crippen molar-refractivity contribution in [3.63, 3.8) is 0 Å². The molecule has 0 unspecified atom stereocenters. The molecular weight excluding hydrogens is 280 g/mol. The monoisotopic (exact) mass is 296 g/mol. The first-order valence-electron chi connectivity index (χ1n) is 5.82. The van der Waals surface area contributed by atoms with Crippen molar-refractivity contribution in [2.45, 2.75) is 20.8 Å². The van der Waals surface area contributed by atoms with Crippen LogP contribution < -0.4 is 16.2 Å². The first-order valence-corrected chi connectivity index (χ1v) is 6.23. The van der Waals surface area contributed by atoms with Gasteiger partial charge in [0, 0.05) is 17.5 Å². The standard InChI is InChI=1S/C12H16N4O3S/c1-12(2,3)10(17)13-11(20)15-14-8-4-6-9(7-5-8)16(18)19/h4-7,14H,1-3H3,(H2,13,15,17,20). The summed E-state index contributed by atoms with van der Waals surface area (Å²) < 4.78 is 0. The molecule has 0 atom stereocenters. The van der Waals surface area contributed by atoms with Crippen LogP contribution in [-0.2, 0) is 4.79 Å². The minimum atomic E-state index is -0.543. The molecule has 7 nitrogen and oxygen atoms in total. The molecule has 3 N–H and O–H groups in total. The number of hydrogen-bond donors (Lipinski definition) is 3. The van der Waals surface area contributed by atoms with Crippen molar-refractivity contribution < 1.29 is 9.72 Å². The molecular formula is C12H16N4O3S. The number of rotatable bonds is 3. The maximum absolute atomic E-state index is 11.7. The van der Waals surface area contributed by atoms with Crippen LogP contribution in [0.5, 0.6) is 0 Å². The molecule has 1 aromatic carbocycles. The van der Waals surface area contributed by atoms with Gasteiger partial charge in [0.15, 0.2) is 5.11 Å². The lowest BCUT2D eigenvalue weighted by Crippen LogP contribution is -2.46. The summed E-state index contributed by atoms with van der Waals surface area (Å²) in [6.45, 7) is 5.32. The molecule has 1 rings (SSSR count). The van der Waals surface area contributed by atoms with Gasteiger partial charge in [0.05, 0.1) is 10.6 Å². The van der Waals surface area contributed by atoms with E-state index in [1.54, 1.807) is 20.8 Å². The third-order valence-corrected chi connectivity index (χ3v) is 2.51. The average molecular weight is 296 g/mol. The second kappa shape index (κ2) is 6.29. The summed E-state index contributed by atoms with van der Waals surface area (Å²) in [5.74, 6) is -0.208. The fourth-order valence-corrected chi connectivity index (χ4v) is 1.26. The molecule has 0 spiro atoms. The second-order valence-corrected chi connectivity index (χ2v) is 5.50. The zero-order valence-corrected chi connectivity index (χ0v) is 12.2. The number of carbonyl (C=O) groups is 1. The number of hydrazine groups is 1. The van der Waals surface area contributed by atoms with E-state index in [9.17, 15) is 14.9 Å². The van der Waals surface area contributed by atoms with Gasteiger partial charge in [-0.05, 0) is 24.4 Å². The van der Waals surface area contributed by atoms with E-state index in [1.165, 1.54) is 24.3 Å². The van der Waals surface area contributed by atoms with Crippen molar-refractivity contribution in [2.24, 2.45) is 5.41 Å². The highest BCUT2D eigenvalue weighted by Crippen LogP contribution is 2.14. The van der Waals surface area contributed by atoms with Crippen LogP contribution in [0.4, 0.5) is 11.4 Å². The topological polar surface area (TPSA) is 96.3 Å². The van der Waals surface area contributed by atoms with Crippen LogP contribution >= 0.6 is 12.2 Å². The Bertz CT molecular complexity index is 522. The lowest BCUT2D eigenvalue weighted by Gasteiger charge is -2.19. The van der Waals surface area contributed by atoms with Gasteiger partial charge >= 0.3 is 0 Å².